The van der Waals surface area contributed by atoms with Gasteiger partial charge in [0, 0.05) is 24.1 Å². The number of aromatic nitrogens is 1. The molecule has 1 N–H and O–H groups in total. The first-order valence-electron chi connectivity index (χ1n) is 9.04. The Labute approximate surface area is 170 Å². The summed E-state index contributed by atoms with van der Waals surface area (Å²) in [6.07, 6.45) is 0. The van der Waals surface area contributed by atoms with E-state index in [1.807, 2.05) is 0 Å². The molecule has 2 heterocycles. The zero-order valence-corrected chi connectivity index (χ0v) is 17.2. The maximum absolute atomic E-state index is 12.9. The smallest absolute Gasteiger partial charge is 0.419 e. The van der Waals surface area contributed by atoms with E-state index >= 15 is 0 Å². The summed E-state index contributed by atoms with van der Waals surface area (Å²) in [6, 6.07) is 8.86. The lowest BCUT2D eigenvalue weighted by atomic mass is 10.1. The van der Waals surface area contributed by atoms with Crippen LogP contribution in [-0.2, 0) is 21.8 Å². The molecule has 4 aromatic rings. The summed E-state index contributed by atoms with van der Waals surface area (Å²) >= 11 is 0. The van der Waals surface area contributed by atoms with Crippen LogP contribution in [-0.4, -0.2) is 25.6 Å². The van der Waals surface area contributed by atoms with E-state index in [0.717, 1.165) is 0 Å². The number of aryl methyl sites for hydroxylation is 2. The molecular formula is C20H18N2O7S. The first-order valence-corrected chi connectivity index (χ1v) is 10.5. The number of ether oxygens (including phenoxy) is 1. The number of rotatable bonds is 5. The van der Waals surface area contributed by atoms with Gasteiger partial charge in [0.2, 0.25) is 5.76 Å². The third-order valence-corrected chi connectivity index (χ3v) is 6.10. The third-order valence-electron chi connectivity index (χ3n) is 4.72. The Morgan fingerprint density at radius 1 is 1.13 bits per heavy atom. The van der Waals surface area contributed by atoms with Gasteiger partial charge in [-0.05, 0) is 44.2 Å². The number of hydrogen-bond donors (Lipinski definition) is 1. The minimum atomic E-state index is -3.95. The second kappa shape index (κ2) is 7.06. The van der Waals surface area contributed by atoms with Crippen molar-refractivity contribution < 1.29 is 26.8 Å². The fourth-order valence-corrected chi connectivity index (χ4v) is 4.25. The summed E-state index contributed by atoms with van der Waals surface area (Å²) in [5.74, 6) is -1.10. The van der Waals surface area contributed by atoms with Crippen molar-refractivity contribution in [2.45, 2.75) is 18.7 Å². The molecule has 0 aliphatic rings. The normalized spacial score (nSPS) is 11.8. The summed E-state index contributed by atoms with van der Waals surface area (Å²) in [6.45, 7) is 3.54. The Hall–Kier alpha value is -3.53. The van der Waals surface area contributed by atoms with Gasteiger partial charge >= 0.3 is 11.7 Å². The first-order chi connectivity index (χ1) is 14.2. The predicted molar refractivity (Wildman–Crippen MR) is 109 cm³/mol. The van der Waals surface area contributed by atoms with Crippen LogP contribution >= 0.6 is 0 Å². The fraction of sp³-hybridized carbons (Fsp3) is 0.200. The molecular weight excluding hydrogens is 412 g/mol. The van der Waals surface area contributed by atoms with Crippen LogP contribution in [0.15, 0.2) is 54.9 Å². The highest BCUT2D eigenvalue weighted by atomic mass is 32.2. The van der Waals surface area contributed by atoms with Crippen LogP contribution in [0.2, 0.25) is 0 Å². The number of hydrogen-bond acceptors (Lipinski definition) is 7. The quantitative estimate of drug-likeness (QED) is 0.483. The standard InChI is InChI=1S/C20H18N2O7S/c1-4-27-19(23)18-11(2)14-10-13(6-8-16(14)28-18)30(25,26)21-12-5-7-15-17(9-12)29-20(24)22(15)3/h5-10,21H,4H2,1-3H3. The molecule has 0 atom stereocenters. The minimum absolute atomic E-state index is 0.0103. The predicted octanol–water partition coefficient (Wildman–Crippen LogP) is 3.16. The molecule has 0 aliphatic heterocycles. The number of anilines is 1. The second-order valence-electron chi connectivity index (χ2n) is 6.65. The van der Waals surface area contributed by atoms with Gasteiger partial charge < -0.3 is 13.6 Å². The molecule has 30 heavy (non-hydrogen) atoms. The summed E-state index contributed by atoms with van der Waals surface area (Å²) in [5.41, 5.74) is 1.93. The molecule has 0 fully saturated rings. The average Bonchev–Trinajstić information content (AvgIpc) is 3.18. The Morgan fingerprint density at radius 2 is 1.90 bits per heavy atom. The van der Waals surface area contributed by atoms with E-state index in [4.69, 9.17) is 13.6 Å². The molecule has 0 saturated heterocycles. The van der Waals surface area contributed by atoms with E-state index in [2.05, 4.69) is 4.72 Å². The lowest BCUT2D eigenvalue weighted by Crippen LogP contribution is -2.12. The highest BCUT2D eigenvalue weighted by Crippen LogP contribution is 2.29. The summed E-state index contributed by atoms with van der Waals surface area (Å²) in [7, 11) is -2.39. The Balaban J connectivity index is 1.71. The molecule has 2 aromatic heterocycles. The molecule has 0 unspecified atom stereocenters. The van der Waals surface area contributed by atoms with Crippen molar-refractivity contribution in [2.75, 3.05) is 11.3 Å². The molecule has 0 aliphatic carbocycles. The van der Waals surface area contributed by atoms with Gasteiger partial charge in [-0.25, -0.2) is 18.0 Å². The lowest BCUT2D eigenvalue weighted by molar-refractivity contribution is 0.0491. The van der Waals surface area contributed by atoms with Gasteiger partial charge in [-0.1, -0.05) is 0 Å². The third kappa shape index (κ3) is 3.24. The maximum atomic E-state index is 12.9. The number of esters is 1. The number of fused-ring (bicyclic) bond motifs is 2. The van der Waals surface area contributed by atoms with Crippen molar-refractivity contribution >= 4 is 43.7 Å². The molecule has 0 bridgehead atoms. The largest absolute Gasteiger partial charge is 0.460 e. The van der Waals surface area contributed by atoms with E-state index in [-0.39, 0.29) is 28.5 Å². The van der Waals surface area contributed by atoms with E-state index in [0.29, 0.717) is 22.0 Å². The molecule has 0 saturated carbocycles. The minimum Gasteiger partial charge on any atom is -0.460 e. The van der Waals surface area contributed by atoms with Gasteiger partial charge in [-0.2, -0.15) is 0 Å². The van der Waals surface area contributed by atoms with Crippen molar-refractivity contribution in [1.29, 1.82) is 0 Å². The van der Waals surface area contributed by atoms with E-state index in [1.54, 1.807) is 27.0 Å². The molecule has 4 rings (SSSR count). The van der Waals surface area contributed by atoms with E-state index in [1.165, 1.54) is 34.9 Å². The van der Waals surface area contributed by atoms with Crippen LogP contribution in [0, 0.1) is 6.92 Å². The lowest BCUT2D eigenvalue weighted by Gasteiger charge is -2.08. The number of nitrogens with zero attached hydrogens (tertiary/aromatic N) is 1. The summed E-state index contributed by atoms with van der Waals surface area (Å²) in [4.78, 5) is 23.6. The number of sulfonamides is 1. The molecule has 10 heteroatoms. The number of carbonyl (C=O) groups is 1. The van der Waals surface area contributed by atoms with Crippen LogP contribution in [0.1, 0.15) is 23.0 Å². The first kappa shape index (κ1) is 19.8. The van der Waals surface area contributed by atoms with Gasteiger partial charge in [-0.3, -0.25) is 9.29 Å². The highest BCUT2D eigenvalue weighted by molar-refractivity contribution is 7.92. The molecule has 0 amide bonds. The SMILES string of the molecule is CCOC(=O)c1oc2ccc(S(=O)(=O)Nc3ccc4c(c3)oc(=O)n4C)cc2c1C. The van der Waals surface area contributed by atoms with Crippen molar-refractivity contribution in [1.82, 2.24) is 4.57 Å². The van der Waals surface area contributed by atoms with Gasteiger partial charge in [0.25, 0.3) is 10.0 Å². The maximum Gasteiger partial charge on any atom is 0.419 e. The second-order valence-corrected chi connectivity index (χ2v) is 8.33. The van der Waals surface area contributed by atoms with Crippen molar-refractivity contribution in [3.05, 3.63) is 58.3 Å². The van der Waals surface area contributed by atoms with Gasteiger partial charge in [0.1, 0.15) is 5.58 Å². The van der Waals surface area contributed by atoms with Crippen LogP contribution in [0.3, 0.4) is 0 Å². The van der Waals surface area contributed by atoms with E-state index < -0.39 is 21.7 Å². The van der Waals surface area contributed by atoms with Crippen LogP contribution in [0.4, 0.5) is 5.69 Å². The number of oxazole rings is 1. The van der Waals surface area contributed by atoms with Crippen LogP contribution in [0.25, 0.3) is 22.1 Å². The zero-order valence-electron chi connectivity index (χ0n) is 16.4. The highest BCUT2D eigenvalue weighted by Gasteiger charge is 2.22. The number of carbonyl (C=O) groups excluding carboxylic acids is 1. The Kier molecular flexibility index (Phi) is 4.65. The average molecular weight is 430 g/mol. The van der Waals surface area contributed by atoms with Crippen molar-refractivity contribution in [3.63, 3.8) is 0 Å². The van der Waals surface area contributed by atoms with Crippen LogP contribution < -0.4 is 10.5 Å². The Bertz CT molecular complexity index is 1460. The van der Waals surface area contributed by atoms with Crippen molar-refractivity contribution in [3.8, 4) is 0 Å². The van der Waals surface area contributed by atoms with Gasteiger partial charge in [0.05, 0.1) is 22.7 Å². The number of furan rings is 1. The number of benzene rings is 2. The molecule has 156 valence electrons. The monoisotopic (exact) mass is 430 g/mol. The van der Waals surface area contributed by atoms with Gasteiger partial charge in [-0.15, -0.1) is 0 Å². The van der Waals surface area contributed by atoms with E-state index in [9.17, 15) is 18.0 Å². The number of nitrogens with one attached hydrogen (secondary N) is 1. The zero-order chi connectivity index (χ0) is 21.6. The topological polar surface area (TPSA) is 121 Å². The summed E-state index contributed by atoms with van der Waals surface area (Å²) in [5, 5.41) is 0.491. The van der Waals surface area contributed by atoms with Crippen LogP contribution in [0.5, 0.6) is 0 Å². The molecule has 2 aromatic carbocycles. The van der Waals surface area contributed by atoms with Gasteiger partial charge in [0.15, 0.2) is 5.58 Å². The van der Waals surface area contributed by atoms with Crippen molar-refractivity contribution in [2.24, 2.45) is 7.05 Å². The molecule has 0 radical (unpaired) electrons. The summed E-state index contributed by atoms with van der Waals surface area (Å²) < 4.78 is 45.1. The molecule has 9 nitrogen and oxygen atoms in total. The molecule has 0 spiro atoms. The Morgan fingerprint density at radius 3 is 2.63 bits per heavy atom. The fourth-order valence-electron chi connectivity index (χ4n) is 3.17.